The van der Waals surface area contributed by atoms with Crippen LogP contribution in [0.25, 0.3) is 11.1 Å². The molecule has 0 N–H and O–H groups in total. The van der Waals surface area contributed by atoms with Gasteiger partial charge in [-0.3, -0.25) is 10.1 Å². The molecule has 0 heterocycles. The number of hydrogen-bond donors (Lipinski definition) is 0. The summed E-state index contributed by atoms with van der Waals surface area (Å²) in [5.41, 5.74) is -3.24. The van der Waals surface area contributed by atoms with E-state index in [9.17, 15) is 36.5 Å². The predicted molar refractivity (Wildman–Crippen MR) is 70.2 cm³/mol. The SMILES string of the molecule is O=[N+]([O-])c1ccc(OC(F)(F)F)cc1-c1ccccc1C(F)(F)F. The van der Waals surface area contributed by atoms with Gasteiger partial charge in [0, 0.05) is 11.6 Å². The second-order valence-corrected chi connectivity index (χ2v) is 4.53. The topological polar surface area (TPSA) is 52.4 Å². The van der Waals surface area contributed by atoms with Crippen LogP contribution in [0.3, 0.4) is 0 Å². The molecule has 0 aliphatic carbocycles. The van der Waals surface area contributed by atoms with Crippen LogP contribution in [-0.2, 0) is 6.18 Å². The summed E-state index contributed by atoms with van der Waals surface area (Å²) in [5, 5.41) is 11.0. The number of halogens is 6. The van der Waals surface area contributed by atoms with Gasteiger partial charge in [0.25, 0.3) is 5.69 Å². The van der Waals surface area contributed by atoms with Gasteiger partial charge in [-0.05, 0) is 18.2 Å². The molecule has 24 heavy (non-hydrogen) atoms. The van der Waals surface area contributed by atoms with Crippen molar-refractivity contribution in [3.8, 4) is 16.9 Å². The number of nitro groups is 1. The summed E-state index contributed by atoms with van der Waals surface area (Å²) in [4.78, 5) is 10.0. The van der Waals surface area contributed by atoms with Crippen LogP contribution in [0.15, 0.2) is 42.5 Å². The van der Waals surface area contributed by atoms with Gasteiger partial charge in [0.05, 0.1) is 16.1 Å². The van der Waals surface area contributed by atoms with Crippen molar-refractivity contribution in [3.63, 3.8) is 0 Å². The number of nitrogens with zero attached hydrogens (tertiary/aromatic N) is 1. The lowest BCUT2D eigenvalue weighted by molar-refractivity contribution is -0.384. The Labute approximate surface area is 130 Å². The van der Waals surface area contributed by atoms with E-state index in [-0.39, 0.29) is 0 Å². The van der Waals surface area contributed by atoms with Crippen molar-refractivity contribution in [2.75, 3.05) is 0 Å². The minimum absolute atomic E-state index is 0.552. The fraction of sp³-hybridized carbons (Fsp3) is 0.143. The molecule has 0 aromatic heterocycles. The van der Waals surface area contributed by atoms with Crippen molar-refractivity contribution >= 4 is 5.69 Å². The van der Waals surface area contributed by atoms with Crippen molar-refractivity contribution < 1.29 is 36.0 Å². The lowest BCUT2D eigenvalue weighted by Gasteiger charge is -2.14. The number of nitro benzene ring substituents is 1. The van der Waals surface area contributed by atoms with Crippen molar-refractivity contribution in [2.45, 2.75) is 12.5 Å². The molecular weight excluding hydrogens is 344 g/mol. The fourth-order valence-electron chi connectivity index (χ4n) is 2.05. The largest absolute Gasteiger partial charge is 0.573 e. The van der Waals surface area contributed by atoms with Gasteiger partial charge in [-0.25, -0.2) is 0 Å². The molecule has 4 nitrogen and oxygen atoms in total. The Hall–Kier alpha value is -2.78. The maximum atomic E-state index is 13.1. The van der Waals surface area contributed by atoms with Crippen molar-refractivity contribution in [1.29, 1.82) is 0 Å². The third-order valence-corrected chi connectivity index (χ3v) is 2.92. The number of benzene rings is 2. The average molecular weight is 351 g/mol. The molecule has 0 bridgehead atoms. The van der Waals surface area contributed by atoms with Gasteiger partial charge in [0.15, 0.2) is 0 Å². The van der Waals surface area contributed by atoms with Gasteiger partial charge in [0.2, 0.25) is 0 Å². The monoisotopic (exact) mass is 351 g/mol. The van der Waals surface area contributed by atoms with Gasteiger partial charge < -0.3 is 4.74 Å². The maximum Gasteiger partial charge on any atom is 0.573 e. The first-order valence-electron chi connectivity index (χ1n) is 6.20. The Balaban J connectivity index is 2.68. The smallest absolute Gasteiger partial charge is 0.406 e. The molecule has 0 aliphatic heterocycles. The zero-order valence-electron chi connectivity index (χ0n) is 11.5. The summed E-state index contributed by atoms with van der Waals surface area (Å²) in [6, 6.07) is 5.73. The molecule has 0 saturated heterocycles. The highest BCUT2D eigenvalue weighted by molar-refractivity contribution is 5.77. The molecule has 2 aromatic rings. The van der Waals surface area contributed by atoms with Crippen molar-refractivity contribution in [2.24, 2.45) is 0 Å². The van der Waals surface area contributed by atoms with Crippen LogP contribution in [0, 0.1) is 10.1 Å². The Morgan fingerprint density at radius 2 is 1.54 bits per heavy atom. The van der Waals surface area contributed by atoms with Crippen LogP contribution in [0.4, 0.5) is 32.0 Å². The summed E-state index contributed by atoms with van der Waals surface area (Å²) in [6.07, 6.45) is -9.93. The van der Waals surface area contributed by atoms with E-state index in [1.807, 2.05) is 0 Å². The molecule has 0 spiro atoms. The maximum absolute atomic E-state index is 13.1. The predicted octanol–water partition coefficient (Wildman–Crippen LogP) is 5.18. The Bertz CT molecular complexity index is 770. The minimum Gasteiger partial charge on any atom is -0.406 e. The third kappa shape index (κ3) is 3.94. The van der Waals surface area contributed by atoms with Crippen LogP contribution in [0.2, 0.25) is 0 Å². The standard InChI is InChI=1S/C14H7F6NO3/c15-13(16,17)11-4-2-1-3-9(11)10-7-8(24-14(18,19)20)5-6-12(10)21(22)23/h1-7H. The number of hydrogen-bond acceptors (Lipinski definition) is 3. The van der Waals surface area contributed by atoms with E-state index in [1.54, 1.807) is 0 Å². The highest BCUT2D eigenvalue weighted by atomic mass is 19.4. The van der Waals surface area contributed by atoms with Crippen LogP contribution in [0.5, 0.6) is 5.75 Å². The minimum atomic E-state index is -5.09. The molecule has 0 atom stereocenters. The van der Waals surface area contributed by atoms with Crippen molar-refractivity contribution in [1.82, 2.24) is 0 Å². The number of rotatable bonds is 3. The van der Waals surface area contributed by atoms with Gasteiger partial charge >= 0.3 is 12.5 Å². The summed E-state index contributed by atoms with van der Waals surface area (Å²) in [7, 11) is 0. The summed E-state index contributed by atoms with van der Waals surface area (Å²) in [6.45, 7) is 0. The molecule has 0 saturated carbocycles. The molecule has 0 unspecified atom stereocenters. The first kappa shape index (κ1) is 17.6. The molecule has 128 valence electrons. The van der Waals surface area contributed by atoms with E-state index < -0.39 is 45.6 Å². The normalized spacial score (nSPS) is 12.1. The van der Waals surface area contributed by atoms with E-state index in [1.165, 1.54) is 6.07 Å². The molecule has 2 aromatic carbocycles. The van der Waals surface area contributed by atoms with Crippen molar-refractivity contribution in [3.05, 3.63) is 58.1 Å². The summed E-state index contributed by atoms with van der Waals surface area (Å²) >= 11 is 0. The molecule has 0 radical (unpaired) electrons. The summed E-state index contributed by atoms with van der Waals surface area (Å²) in [5.74, 6) is -0.861. The van der Waals surface area contributed by atoms with E-state index in [0.29, 0.717) is 24.3 Å². The van der Waals surface area contributed by atoms with E-state index in [0.717, 1.165) is 12.1 Å². The van der Waals surface area contributed by atoms with E-state index >= 15 is 0 Å². The van der Waals surface area contributed by atoms with E-state index in [4.69, 9.17) is 0 Å². The molecule has 2 rings (SSSR count). The number of alkyl halides is 6. The lowest BCUT2D eigenvalue weighted by atomic mass is 9.97. The Morgan fingerprint density at radius 3 is 2.08 bits per heavy atom. The second-order valence-electron chi connectivity index (χ2n) is 4.53. The Morgan fingerprint density at radius 1 is 0.917 bits per heavy atom. The highest BCUT2D eigenvalue weighted by Crippen LogP contribution is 2.41. The summed E-state index contributed by atoms with van der Waals surface area (Å²) < 4.78 is 79.6. The van der Waals surface area contributed by atoms with Crippen LogP contribution in [0.1, 0.15) is 5.56 Å². The molecular formula is C14H7F6NO3. The number of ether oxygens (including phenoxy) is 1. The first-order chi connectivity index (χ1) is 11.0. The quantitative estimate of drug-likeness (QED) is 0.435. The van der Waals surface area contributed by atoms with Crippen LogP contribution < -0.4 is 4.74 Å². The Kier molecular flexibility index (Phi) is 4.41. The lowest BCUT2D eigenvalue weighted by Crippen LogP contribution is -2.17. The zero-order valence-corrected chi connectivity index (χ0v) is 11.5. The van der Waals surface area contributed by atoms with Crippen LogP contribution >= 0.6 is 0 Å². The van der Waals surface area contributed by atoms with Gasteiger partial charge in [-0.15, -0.1) is 13.2 Å². The zero-order chi connectivity index (χ0) is 18.1. The van der Waals surface area contributed by atoms with Gasteiger partial charge in [-0.1, -0.05) is 18.2 Å². The highest BCUT2D eigenvalue weighted by Gasteiger charge is 2.36. The van der Waals surface area contributed by atoms with Crippen LogP contribution in [-0.4, -0.2) is 11.3 Å². The first-order valence-corrected chi connectivity index (χ1v) is 6.20. The molecule has 10 heteroatoms. The molecule has 0 amide bonds. The average Bonchev–Trinajstić information content (AvgIpc) is 2.44. The van der Waals surface area contributed by atoms with Gasteiger partial charge in [-0.2, -0.15) is 13.2 Å². The fourth-order valence-corrected chi connectivity index (χ4v) is 2.05. The van der Waals surface area contributed by atoms with Gasteiger partial charge in [0.1, 0.15) is 5.75 Å². The molecule has 0 aliphatic rings. The third-order valence-electron chi connectivity index (χ3n) is 2.92. The van der Waals surface area contributed by atoms with E-state index in [2.05, 4.69) is 4.74 Å². The molecule has 0 fully saturated rings. The second kappa shape index (κ2) is 6.02.